The molecular formula is C9H12BrN3. The van der Waals surface area contributed by atoms with E-state index < -0.39 is 0 Å². The minimum absolute atomic E-state index is 0.278. The Morgan fingerprint density at radius 1 is 1.46 bits per heavy atom. The van der Waals surface area contributed by atoms with Crippen LogP contribution in [0.25, 0.3) is 0 Å². The van der Waals surface area contributed by atoms with Crippen molar-refractivity contribution in [3.8, 4) is 0 Å². The van der Waals surface area contributed by atoms with Crippen molar-refractivity contribution in [2.75, 3.05) is 5.32 Å². The van der Waals surface area contributed by atoms with Crippen LogP contribution in [0.4, 0.5) is 5.82 Å². The zero-order valence-electron chi connectivity index (χ0n) is 7.76. The van der Waals surface area contributed by atoms with Crippen LogP contribution in [0.1, 0.15) is 25.6 Å². The van der Waals surface area contributed by atoms with Crippen LogP contribution in [0, 0.1) is 6.92 Å². The molecule has 1 aliphatic rings. The van der Waals surface area contributed by atoms with Gasteiger partial charge in [0.25, 0.3) is 0 Å². The molecule has 70 valence electrons. The van der Waals surface area contributed by atoms with Crippen molar-refractivity contribution in [2.24, 2.45) is 0 Å². The van der Waals surface area contributed by atoms with Crippen LogP contribution in [0.15, 0.2) is 10.7 Å². The van der Waals surface area contributed by atoms with E-state index in [4.69, 9.17) is 0 Å². The Morgan fingerprint density at radius 3 is 2.69 bits per heavy atom. The van der Waals surface area contributed by atoms with Crippen LogP contribution >= 0.6 is 15.9 Å². The predicted octanol–water partition coefficient (Wildman–Crippen LogP) is 2.51. The third kappa shape index (κ3) is 2.18. The molecule has 1 saturated carbocycles. The highest BCUT2D eigenvalue weighted by Gasteiger charge is 2.37. The molecule has 0 aliphatic heterocycles. The van der Waals surface area contributed by atoms with Gasteiger partial charge in [-0.3, -0.25) is 0 Å². The smallest absolute Gasteiger partial charge is 0.131 e. The first-order valence-corrected chi connectivity index (χ1v) is 5.16. The van der Waals surface area contributed by atoms with Crippen molar-refractivity contribution in [2.45, 2.75) is 32.2 Å². The average molecular weight is 242 g/mol. The number of rotatable bonds is 2. The van der Waals surface area contributed by atoms with E-state index in [1.807, 2.05) is 13.0 Å². The Labute approximate surface area is 86.1 Å². The standard InChI is InChI=1S/C9H12BrN3/c1-6-11-7(10)5-8(12-6)13-9(2)3-4-9/h5H,3-4H2,1-2H3,(H,11,12,13). The SMILES string of the molecule is Cc1nc(Br)cc(NC2(C)CC2)n1. The van der Waals surface area contributed by atoms with E-state index in [1.54, 1.807) is 0 Å². The number of halogens is 1. The van der Waals surface area contributed by atoms with Gasteiger partial charge in [-0.05, 0) is 42.6 Å². The molecule has 4 heteroatoms. The molecule has 1 N–H and O–H groups in total. The third-order valence-electron chi connectivity index (χ3n) is 2.24. The monoisotopic (exact) mass is 241 g/mol. The van der Waals surface area contributed by atoms with Gasteiger partial charge in [0.2, 0.25) is 0 Å². The molecule has 0 bridgehead atoms. The maximum absolute atomic E-state index is 4.31. The second kappa shape index (κ2) is 2.94. The average Bonchev–Trinajstić information content (AvgIpc) is 2.64. The summed E-state index contributed by atoms with van der Waals surface area (Å²) in [6.07, 6.45) is 2.46. The first kappa shape index (κ1) is 8.94. The highest BCUT2D eigenvalue weighted by molar-refractivity contribution is 9.10. The van der Waals surface area contributed by atoms with Gasteiger partial charge in [-0.1, -0.05) is 0 Å². The fraction of sp³-hybridized carbons (Fsp3) is 0.556. The van der Waals surface area contributed by atoms with Gasteiger partial charge in [0.1, 0.15) is 16.2 Å². The van der Waals surface area contributed by atoms with Crippen molar-refractivity contribution < 1.29 is 0 Å². The van der Waals surface area contributed by atoms with E-state index in [9.17, 15) is 0 Å². The Hall–Kier alpha value is -0.640. The van der Waals surface area contributed by atoms with Crippen molar-refractivity contribution in [1.29, 1.82) is 0 Å². The number of hydrogen-bond acceptors (Lipinski definition) is 3. The third-order valence-corrected chi connectivity index (χ3v) is 2.64. The molecule has 1 heterocycles. The maximum Gasteiger partial charge on any atom is 0.131 e. The molecule has 0 spiro atoms. The van der Waals surface area contributed by atoms with Crippen LogP contribution in [0.5, 0.6) is 0 Å². The topological polar surface area (TPSA) is 37.8 Å². The van der Waals surface area contributed by atoms with Crippen LogP contribution < -0.4 is 5.32 Å². The number of nitrogens with one attached hydrogen (secondary N) is 1. The highest BCUT2D eigenvalue weighted by atomic mass is 79.9. The second-order valence-corrected chi connectivity index (χ2v) is 4.62. The van der Waals surface area contributed by atoms with Gasteiger partial charge < -0.3 is 5.32 Å². The van der Waals surface area contributed by atoms with Crippen LogP contribution in [0.3, 0.4) is 0 Å². The molecule has 0 unspecified atom stereocenters. The largest absolute Gasteiger partial charge is 0.365 e. The quantitative estimate of drug-likeness (QED) is 0.809. The number of anilines is 1. The molecule has 3 nitrogen and oxygen atoms in total. The molecule has 0 saturated heterocycles. The lowest BCUT2D eigenvalue weighted by Gasteiger charge is -2.12. The molecule has 1 aromatic heterocycles. The summed E-state index contributed by atoms with van der Waals surface area (Å²) in [5.74, 6) is 1.71. The number of hydrogen-bond donors (Lipinski definition) is 1. The Balaban J connectivity index is 2.20. The summed E-state index contributed by atoms with van der Waals surface area (Å²) in [5.41, 5.74) is 0.278. The van der Waals surface area contributed by atoms with Gasteiger partial charge in [-0.2, -0.15) is 0 Å². The molecule has 1 aromatic rings. The number of aryl methyl sites for hydroxylation is 1. The molecular weight excluding hydrogens is 230 g/mol. The fourth-order valence-electron chi connectivity index (χ4n) is 1.22. The highest BCUT2D eigenvalue weighted by Crippen LogP contribution is 2.37. The minimum atomic E-state index is 0.278. The molecule has 13 heavy (non-hydrogen) atoms. The van der Waals surface area contributed by atoms with Gasteiger partial charge in [0, 0.05) is 11.6 Å². The molecule has 0 radical (unpaired) electrons. The van der Waals surface area contributed by atoms with E-state index >= 15 is 0 Å². The summed E-state index contributed by atoms with van der Waals surface area (Å²) in [6, 6.07) is 1.91. The van der Waals surface area contributed by atoms with Crippen LogP contribution in [0.2, 0.25) is 0 Å². The van der Waals surface area contributed by atoms with Gasteiger partial charge in [0.15, 0.2) is 0 Å². The van der Waals surface area contributed by atoms with Crippen LogP contribution in [-0.4, -0.2) is 15.5 Å². The molecule has 0 amide bonds. The van der Waals surface area contributed by atoms with Crippen molar-refractivity contribution in [1.82, 2.24) is 9.97 Å². The van der Waals surface area contributed by atoms with E-state index in [0.29, 0.717) is 0 Å². The first-order chi connectivity index (χ1) is 6.07. The minimum Gasteiger partial charge on any atom is -0.365 e. The zero-order chi connectivity index (χ0) is 9.47. The molecule has 0 aromatic carbocycles. The van der Waals surface area contributed by atoms with Gasteiger partial charge in [-0.25, -0.2) is 9.97 Å². The van der Waals surface area contributed by atoms with E-state index in [1.165, 1.54) is 12.8 Å². The summed E-state index contributed by atoms with van der Waals surface area (Å²) in [7, 11) is 0. The lowest BCUT2D eigenvalue weighted by atomic mass is 10.3. The Kier molecular flexibility index (Phi) is 2.02. The summed E-state index contributed by atoms with van der Waals surface area (Å²) in [5, 5.41) is 3.39. The predicted molar refractivity (Wildman–Crippen MR) is 55.7 cm³/mol. The Morgan fingerprint density at radius 2 is 2.15 bits per heavy atom. The van der Waals surface area contributed by atoms with E-state index in [2.05, 4.69) is 38.1 Å². The first-order valence-electron chi connectivity index (χ1n) is 4.37. The van der Waals surface area contributed by atoms with Crippen molar-refractivity contribution in [3.63, 3.8) is 0 Å². The summed E-state index contributed by atoms with van der Waals surface area (Å²) in [6.45, 7) is 4.10. The molecule has 2 rings (SSSR count). The zero-order valence-corrected chi connectivity index (χ0v) is 9.35. The van der Waals surface area contributed by atoms with Gasteiger partial charge >= 0.3 is 0 Å². The van der Waals surface area contributed by atoms with Gasteiger partial charge in [0.05, 0.1) is 0 Å². The maximum atomic E-state index is 4.31. The fourth-order valence-corrected chi connectivity index (χ4v) is 1.69. The second-order valence-electron chi connectivity index (χ2n) is 3.81. The van der Waals surface area contributed by atoms with E-state index in [0.717, 1.165) is 16.2 Å². The molecule has 1 fully saturated rings. The van der Waals surface area contributed by atoms with Crippen LogP contribution in [-0.2, 0) is 0 Å². The summed E-state index contributed by atoms with van der Waals surface area (Å²) < 4.78 is 0.840. The lowest BCUT2D eigenvalue weighted by Crippen LogP contribution is -2.17. The summed E-state index contributed by atoms with van der Waals surface area (Å²) >= 11 is 3.35. The Bertz CT molecular complexity index is 313. The lowest BCUT2D eigenvalue weighted by molar-refractivity contribution is 0.815. The normalized spacial score (nSPS) is 18.4. The molecule has 1 aliphatic carbocycles. The van der Waals surface area contributed by atoms with E-state index in [-0.39, 0.29) is 5.54 Å². The summed E-state index contributed by atoms with van der Waals surface area (Å²) in [4.78, 5) is 8.46. The van der Waals surface area contributed by atoms with Gasteiger partial charge in [-0.15, -0.1) is 0 Å². The van der Waals surface area contributed by atoms with Crippen molar-refractivity contribution >= 4 is 21.7 Å². The number of aromatic nitrogens is 2. The molecule has 0 atom stereocenters. The number of nitrogens with zero attached hydrogens (tertiary/aromatic N) is 2. The van der Waals surface area contributed by atoms with Crippen molar-refractivity contribution in [3.05, 3.63) is 16.5 Å².